The van der Waals surface area contributed by atoms with Gasteiger partial charge in [0.25, 0.3) is 0 Å². The highest BCUT2D eigenvalue weighted by molar-refractivity contribution is 5.89. The SMILES string of the molecule is Cc1cc(C)cc(NC(=O)N2CCN(c3ccnc(N4CCCCC4)n3)CC2)c1. The number of piperidine rings is 1. The van der Waals surface area contributed by atoms with E-state index in [2.05, 4.69) is 26.2 Å². The van der Waals surface area contributed by atoms with E-state index >= 15 is 0 Å². The first-order valence-corrected chi connectivity index (χ1v) is 10.6. The molecule has 1 aromatic carbocycles. The number of hydrogen-bond donors (Lipinski definition) is 1. The van der Waals surface area contributed by atoms with Crippen molar-refractivity contribution in [1.82, 2.24) is 14.9 Å². The van der Waals surface area contributed by atoms with Crippen LogP contribution in [0.3, 0.4) is 0 Å². The van der Waals surface area contributed by atoms with Gasteiger partial charge in [-0.25, -0.2) is 9.78 Å². The second kappa shape index (κ2) is 8.68. The molecule has 0 aliphatic carbocycles. The highest BCUT2D eigenvalue weighted by Crippen LogP contribution is 2.20. The monoisotopic (exact) mass is 394 g/mol. The molecule has 0 bridgehead atoms. The van der Waals surface area contributed by atoms with Crippen molar-refractivity contribution in [2.45, 2.75) is 33.1 Å². The fraction of sp³-hybridized carbons (Fsp3) is 0.500. The zero-order valence-electron chi connectivity index (χ0n) is 17.4. The maximum absolute atomic E-state index is 12.7. The summed E-state index contributed by atoms with van der Waals surface area (Å²) < 4.78 is 0. The van der Waals surface area contributed by atoms with Crippen LogP contribution in [0.5, 0.6) is 0 Å². The normalized spacial score (nSPS) is 17.4. The minimum atomic E-state index is -0.0358. The van der Waals surface area contributed by atoms with Gasteiger partial charge in [0, 0.05) is 51.2 Å². The van der Waals surface area contributed by atoms with Crippen LogP contribution in [0.4, 0.5) is 22.2 Å². The molecule has 0 unspecified atom stereocenters. The van der Waals surface area contributed by atoms with Crippen molar-refractivity contribution < 1.29 is 4.79 Å². The summed E-state index contributed by atoms with van der Waals surface area (Å²) in [6.07, 6.45) is 5.57. The van der Waals surface area contributed by atoms with Crippen LogP contribution in [0.2, 0.25) is 0 Å². The van der Waals surface area contributed by atoms with E-state index in [0.717, 1.165) is 54.8 Å². The van der Waals surface area contributed by atoms with E-state index in [4.69, 9.17) is 4.98 Å². The Bertz CT molecular complexity index is 836. The zero-order chi connectivity index (χ0) is 20.2. The Morgan fingerprint density at radius 2 is 1.59 bits per heavy atom. The lowest BCUT2D eigenvalue weighted by Gasteiger charge is -2.36. The molecular weight excluding hydrogens is 364 g/mol. The van der Waals surface area contributed by atoms with Crippen molar-refractivity contribution in [3.63, 3.8) is 0 Å². The van der Waals surface area contributed by atoms with Gasteiger partial charge in [-0.3, -0.25) is 0 Å². The Hall–Kier alpha value is -2.83. The molecule has 0 radical (unpaired) electrons. The number of rotatable bonds is 3. The van der Waals surface area contributed by atoms with Crippen LogP contribution < -0.4 is 15.1 Å². The smallest absolute Gasteiger partial charge is 0.321 e. The summed E-state index contributed by atoms with van der Waals surface area (Å²) in [6.45, 7) is 9.07. The van der Waals surface area contributed by atoms with E-state index in [1.54, 1.807) is 0 Å². The lowest BCUT2D eigenvalue weighted by atomic mass is 10.1. The van der Waals surface area contributed by atoms with Gasteiger partial charge in [0.05, 0.1) is 0 Å². The van der Waals surface area contributed by atoms with Gasteiger partial charge in [-0.05, 0) is 62.4 Å². The molecule has 3 heterocycles. The molecule has 2 aliphatic heterocycles. The van der Waals surface area contributed by atoms with Crippen LogP contribution in [0, 0.1) is 13.8 Å². The van der Waals surface area contributed by atoms with Crippen molar-refractivity contribution in [3.05, 3.63) is 41.6 Å². The first-order chi connectivity index (χ1) is 14.1. The molecule has 2 fully saturated rings. The first kappa shape index (κ1) is 19.5. The van der Waals surface area contributed by atoms with Gasteiger partial charge in [0.1, 0.15) is 5.82 Å². The molecule has 0 saturated carbocycles. The number of piperazine rings is 1. The maximum atomic E-state index is 12.7. The number of aromatic nitrogens is 2. The second-order valence-electron chi connectivity index (χ2n) is 8.04. The molecule has 2 amide bonds. The van der Waals surface area contributed by atoms with Crippen molar-refractivity contribution in [2.75, 3.05) is 54.4 Å². The van der Waals surface area contributed by atoms with Crippen LogP contribution in [-0.2, 0) is 0 Å². The fourth-order valence-electron chi connectivity index (χ4n) is 4.15. The van der Waals surface area contributed by atoms with E-state index < -0.39 is 0 Å². The highest BCUT2D eigenvalue weighted by Gasteiger charge is 2.23. The van der Waals surface area contributed by atoms with Gasteiger partial charge in [-0.2, -0.15) is 4.98 Å². The van der Waals surface area contributed by atoms with Gasteiger partial charge >= 0.3 is 6.03 Å². The van der Waals surface area contributed by atoms with Crippen LogP contribution in [-0.4, -0.2) is 60.2 Å². The molecule has 2 saturated heterocycles. The molecule has 29 heavy (non-hydrogen) atoms. The van der Waals surface area contributed by atoms with Gasteiger partial charge in [0.15, 0.2) is 0 Å². The predicted molar refractivity (Wildman–Crippen MR) is 117 cm³/mol. The Morgan fingerprint density at radius 3 is 2.28 bits per heavy atom. The third-order valence-corrected chi connectivity index (χ3v) is 5.63. The summed E-state index contributed by atoms with van der Waals surface area (Å²) in [5, 5.41) is 3.04. The van der Waals surface area contributed by atoms with Crippen LogP contribution >= 0.6 is 0 Å². The van der Waals surface area contributed by atoms with Crippen molar-refractivity contribution >= 4 is 23.5 Å². The molecule has 1 aromatic heterocycles. The summed E-state index contributed by atoms with van der Waals surface area (Å²) >= 11 is 0. The average molecular weight is 395 g/mol. The molecule has 154 valence electrons. The topological polar surface area (TPSA) is 64.6 Å². The van der Waals surface area contributed by atoms with Crippen molar-refractivity contribution in [3.8, 4) is 0 Å². The van der Waals surface area contributed by atoms with Gasteiger partial charge < -0.3 is 20.0 Å². The molecule has 4 rings (SSSR count). The number of aryl methyl sites for hydroxylation is 2. The summed E-state index contributed by atoms with van der Waals surface area (Å²) in [6, 6.07) is 8.05. The van der Waals surface area contributed by atoms with Gasteiger partial charge in [0.2, 0.25) is 5.95 Å². The van der Waals surface area contributed by atoms with Gasteiger partial charge in [-0.15, -0.1) is 0 Å². The number of carbonyl (C=O) groups excluding carboxylic acids is 1. The molecule has 7 heteroatoms. The average Bonchev–Trinajstić information content (AvgIpc) is 2.74. The number of benzene rings is 1. The third-order valence-electron chi connectivity index (χ3n) is 5.63. The van der Waals surface area contributed by atoms with E-state index in [-0.39, 0.29) is 6.03 Å². The number of amides is 2. The Labute approximate surface area is 172 Å². The lowest BCUT2D eigenvalue weighted by Crippen LogP contribution is -2.50. The van der Waals surface area contributed by atoms with Crippen molar-refractivity contribution in [1.29, 1.82) is 0 Å². The number of hydrogen-bond acceptors (Lipinski definition) is 5. The summed E-state index contributed by atoms with van der Waals surface area (Å²) in [7, 11) is 0. The zero-order valence-corrected chi connectivity index (χ0v) is 17.4. The fourth-order valence-corrected chi connectivity index (χ4v) is 4.15. The lowest BCUT2D eigenvalue weighted by molar-refractivity contribution is 0.208. The first-order valence-electron chi connectivity index (χ1n) is 10.6. The van der Waals surface area contributed by atoms with Crippen molar-refractivity contribution in [2.24, 2.45) is 0 Å². The standard InChI is InChI=1S/C22H30N6O/c1-17-14-18(2)16-19(15-17)24-22(29)28-12-10-26(11-13-28)20-6-7-23-21(25-20)27-8-4-3-5-9-27/h6-7,14-16H,3-5,8-13H2,1-2H3,(H,24,29). The number of nitrogens with zero attached hydrogens (tertiary/aromatic N) is 5. The number of nitrogens with one attached hydrogen (secondary N) is 1. The molecule has 2 aromatic rings. The molecule has 0 spiro atoms. The molecule has 0 atom stereocenters. The van der Waals surface area contributed by atoms with E-state index in [9.17, 15) is 4.79 Å². The Kier molecular flexibility index (Phi) is 5.83. The minimum Gasteiger partial charge on any atom is -0.353 e. The van der Waals surface area contributed by atoms with E-state index in [0.29, 0.717) is 13.1 Å². The third kappa shape index (κ3) is 4.78. The van der Waals surface area contributed by atoms with Crippen LogP contribution in [0.15, 0.2) is 30.5 Å². The number of carbonyl (C=O) groups is 1. The summed E-state index contributed by atoms with van der Waals surface area (Å²) in [5.41, 5.74) is 3.16. The number of urea groups is 1. The molecular formula is C22H30N6O. The van der Waals surface area contributed by atoms with E-state index in [1.807, 2.05) is 43.1 Å². The van der Waals surface area contributed by atoms with Crippen LogP contribution in [0.1, 0.15) is 30.4 Å². The Balaban J connectivity index is 1.35. The van der Waals surface area contributed by atoms with Gasteiger partial charge in [-0.1, -0.05) is 6.07 Å². The highest BCUT2D eigenvalue weighted by atomic mass is 16.2. The Morgan fingerprint density at radius 1 is 0.897 bits per heavy atom. The largest absolute Gasteiger partial charge is 0.353 e. The number of anilines is 3. The second-order valence-corrected chi connectivity index (χ2v) is 8.04. The van der Waals surface area contributed by atoms with E-state index in [1.165, 1.54) is 19.3 Å². The quantitative estimate of drug-likeness (QED) is 0.864. The molecule has 2 aliphatic rings. The summed E-state index contributed by atoms with van der Waals surface area (Å²) in [5.74, 6) is 1.78. The minimum absolute atomic E-state index is 0.0358. The molecule has 7 nitrogen and oxygen atoms in total. The summed E-state index contributed by atoms with van der Waals surface area (Å²) in [4.78, 5) is 28.3. The predicted octanol–water partition coefficient (Wildman–Crippen LogP) is 3.44. The molecule has 1 N–H and O–H groups in total. The maximum Gasteiger partial charge on any atom is 0.321 e. The van der Waals surface area contributed by atoms with Crippen LogP contribution in [0.25, 0.3) is 0 Å².